The smallest absolute Gasteiger partial charge is 0.211 e. The SMILES string of the molecule is Cc1cccc(/C(=C2/C=[NH+]c3ccccc32)c2c[nH]c3ccccc23)c1.[Cl-]. The van der Waals surface area contributed by atoms with Crippen molar-refractivity contribution in [2.45, 2.75) is 6.92 Å². The maximum absolute atomic E-state index is 3.43. The topological polar surface area (TPSA) is 29.8 Å². The monoisotopic (exact) mass is 370 g/mol. The molecule has 2 heterocycles. The van der Waals surface area contributed by atoms with Gasteiger partial charge in [0.2, 0.25) is 5.69 Å². The third kappa shape index (κ3) is 2.88. The van der Waals surface area contributed by atoms with Gasteiger partial charge in [-0.3, -0.25) is 0 Å². The number of fused-ring (bicyclic) bond motifs is 2. The Kier molecular flexibility index (Phi) is 4.43. The van der Waals surface area contributed by atoms with Crippen molar-refractivity contribution in [3.8, 4) is 0 Å². The van der Waals surface area contributed by atoms with E-state index in [0.29, 0.717) is 0 Å². The molecule has 4 aromatic rings. The summed E-state index contributed by atoms with van der Waals surface area (Å²) in [7, 11) is 0. The maximum atomic E-state index is 3.43. The molecule has 1 aliphatic heterocycles. The van der Waals surface area contributed by atoms with Crippen LogP contribution in [0, 0.1) is 6.92 Å². The Morgan fingerprint density at radius 3 is 2.59 bits per heavy atom. The number of nitrogens with one attached hydrogen (secondary N) is 2. The summed E-state index contributed by atoms with van der Waals surface area (Å²) in [5, 5.41) is 1.24. The zero-order valence-electron chi connectivity index (χ0n) is 15.0. The van der Waals surface area contributed by atoms with Gasteiger partial charge in [-0.2, -0.15) is 0 Å². The van der Waals surface area contributed by atoms with Gasteiger partial charge in [-0.15, -0.1) is 0 Å². The Morgan fingerprint density at radius 2 is 1.70 bits per heavy atom. The number of H-pyrrole nitrogens is 1. The molecule has 1 aliphatic rings. The first-order chi connectivity index (χ1) is 12.8. The Labute approximate surface area is 164 Å². The van der Waals surface area contributed by atoms with Crippen LogP contribution in [0.15, 0.2) is 79.0 Å². The van der Waals surface area contributed by atoms with Crippen molar-refractivity contribution in [1.82, 2.24) is 4.98 Å². The van der Waals surface area contributed by atoms with Gasteiger partial charge in [0, 0.05) is 34.3 Å². The predicted octanol–water partition coefficient (Wildman–Crippen LogP) is 1.24. The molecular weight excluding hydrogens is 352 g/mol. The van der Waals surface area contributed by atoms with E-state index in [-0.39, 0.29) is 12.4 Å². The minimum Gasteiger partial charge on any atom is -1.00 e. The van der Waals surface area contributed by atoms with Gasteiger partial charge in [0.1, 0.15) is 0 Å². The summed E-state index contributed by atoms with van der Waals surface area (Å²) in [5.74, 6) is 0. The summed E-state index contributed by atoms with van der Waals surface area (Å²) < 4.78 is 0. The molecule has 0 aliphatic carbocycles. The average molecular weight is 371 g/mol. The summed E-state index contributed by atoms with van der Waals surface area (Å²) in [6.45, 7) is 2.14. The number of aromatic nitrogens is 1. The van der Waals surface area contributed by atoms with E-state index in [1.165, 1.54) is 38.8 Å². The minimum absolute atomic E-state index is 0. The molecule has 0 amide bonds. The molecule has 0 fully saturated rings. The number of rotatable bonds is 2. The number of hydrogen-bond acceptors (Lipinski definition) is 0. The molecule has 2 nitrogen and oxygen atoms in total. The van der Waals surface area contributed by atoms with Gasteiger partial charge in [-0.05, 0) is 24.6 Å². The van der Waals surface area contributed by atoms with Crippen molar-refractivity contribution in [1.29, 1.82) is 0 Å². The standard InChI is InChI=1S/C24H18N2.ClH/c1-16-7-6-8-17(13-16)24(20-14-25-22-11-4-2-9-18(20)22)21-15-26-23-12-5-3-10-19(21)23;/h2-15,25H,1H3;1H/b24-21+;. The lowest BCUT2D eigenvalue weighted by Crippen LogP contribution is -3.00. The molecule has 0 spiro atoms. The normalized spacial score (nSPS) is 14.1. The van der Waals surface area contributed by atoms with Gasteiger partial charge in [-0.1, -0.05) is 60.2 Å². The van der Waals surface area contributed by atoms with E-state index in [4.69, 9.17) is 0 Å². The van der Waals surface area contributed by atoms with Crippen molar-refractivity contribution in [3.05, 3.63) is 101 Å². The Hall–Kier alpha value is -3.10. The highest BCUT2D eigenvalue weighted by Crippen LogP contribution is 2.37. The fourth-order valence-corrected chi connectivity index (χ4v) is 3.81. The number of aromatic amines is 1. The third-order valence-electron chi connectivity index (χ3n) is 5.02. The maximum Gasteiger partial charge on any atom is 0.211 e. The zero-order chi connectivity index (χ0) is 17.5. The Morgan fingerprint density at radius 1 is 0.889 bits per heavy atom. The number of hydrogen-bond donors (Lipinski definition) is 2. The number of allylic oxidation sites excluding steroid dienone is 1. The van der Waals surface area contributed by atoms with Crippen LogP contribution in [0.5, 0.6) is 0 Å². The molecule has 3 aromatic carbocycles. The van der Waals surface area contributed by atoms with Gasteiger partial charge >= 0.3 is 0 Å². The van der Waals surface area contributed by atoms with Gasteiger partial charge in [0.15, 0.2) is 6.21 Å². The van der Waals surface area contributed by atoms with E-state index in [0.717, 1.165) is 11.2 Å². The first-order valence-corrected chi connectivity index (χ1v) is 8.88. The summed E-state index contributed by atoms with van der Waals surface area (Å²) in [6, 6.07) is 25.7. The first-order valence-electron chi connectivity index (χ1n) is 8.88. The fraction of sp³-hybridized carbons (Fsp3) is 0.0417. The lowest BCUT2D eigenvalue weighted by atomic mass is 9.89. The van der Waals surface area contributed by atoms with Crippen molar-refractivity contribution < 1.29 is 17.4 Å². The second kappa shape index (κ2) is 6.90. The number of halogens is 1. The van der Waals surface area contributed by atoms with E-state index in [2.05, 4.69) is 102 Å². The fourth-order valence-electron chi connectivity index (χ4n) is 3.81. The van der Waals surface area contributed by atoms with Crippen molar-refractivity contribution in [2.24, 2.45) is 0 Å². The molecule has 132 valence electrons. The molecule has 1 aromatic heterocycles. The third-order valence-corrected chi connectivity index (χ3v) is 5.02. The molecule has 0 bridgehead atoms. The Balaban J connectivity index is 0.00000180. The molecule has 0 atom stereocenters. The lowest BCUT2D eigenvalue weighted by Gasteiger charge is -2.11. The minimum atomic E-state index is 0. The van der Waals surface area contributed by atoms with Crippen LogP contribution in [0.1, 0.15) is 22.3 Å². The van der Waals surface area contributed by atoms with Crippen LogP contribution < -0.4 is 17.4 Å². The van der Waals surface area contributed by atoms with Gasteiger partial charge in [0.25, 0.3) is 0 Å². The molecular formula is C24H19ClN2. The Bertz CT molecular complexity index is 1200. The number of benzene rings is 3. The molecule has 0 saturated heterocycles. The van der Waals surface area contributed by atoms with Crippen LogP contribution in [-0.2, 0) is 0 Å². The van der Waals surface area contributed by atoms with Crippen LogP contribution in [0.3, 0.4) is 0 Å². The van der Waals surface area contributed by atoms with Gasteiger partial charge in [0.05, 0.1) is 11.1 Å². The number of aryl methyl sites for hydroxylation is 1. The van der Waals surface area contributed by atoms with Crippen molar-refractivity contribution >= 4 is 34.0 Å². The van der Waals surface area contributed by atoms with Crippen molar-refractivity contribution in [3.63, 3.8) is 0 Å². The van der Waals surface area contributed by atoms with Gasteiger partial charge < -0.3 is 17.4 Å². The molecule has 0 saturated carbocycles. The van der Waals surface area contributed by atoms with Crippen LogP contribution in [0.4, 0.5) is 5.69 Å². The van der Waals surface area contributed by atoms with Crippen molar-refractivity contribution in [2.75, 3.05) is 0 Å². The summed E-state index contributed by atoms with van der Waals surface area (Å²) >= 11 is 0. The molecule has 0 radical (unpaired) electrons. The van der Waals surface area contributed by atoms with E-state index in [1.807, 2.05) is 0 Å². The summed E-state index contributed by atoms with van der Waals surface area (Å²) in [4.78, 5) is 6.86. The first kappa shape index (κ1) is 17.3. The van der Waals surface area contributed by atoms with Crippen LogP contribution in [0.25, 0.3) is 22.0 Å². The van der Waals surface area contributed by atoms with E-state index < -0.39 is 0 Å². The second-order valence-electron chi connectivity index (χ2n) is 6.74. The average Bonchev–Trinajstić information content (AvgIpc) is 3.28. The van der Waals surface area contributed by atoms with E-state index in [9.17, 15) is 0 Å². The lowest BCUT2D eigenvalue weighted by molar-refractivity contribution is -0.342. The zero-order valence-corrected chi connectivity index (χ0v) is 15.7. The quantitative estimate of drug-likeness (QED) is 0.532. The molecule has 5 rings (SSSR count). The van der Waals surface area contributed by atoms with E-state index >= 15 is 0 Å². The van der Waals surface area contributed by atoms with Crippen LogP contribution >= 0.6 is 0 Å². The second-order valence-corrected chi connectivity index (χ2v) is 6.74. The van der Waals surface area contributed by atoms with Crippen LogP contribution in [-0.4, -0.2) is 11.2 Å². The predicted molar refractivity (Wildman–Crippen MR) is 109 cm³/mol. The highest BCUT2D eigenvalue weighted by atomic mass is 35.5. The highest BCUT2D eigenvalue weighted by molar-refractivity contribution is 6.24. The largest absolute Gasteiger partial charge is 1.00 e. The number of para-hydroxylation sites is 2. The summed E-state index contributed by atoms with van der Waals surface area (Å²) in [5.41, 5.74) is 9.78. The molecule has 0 unspecified atom stereocenters. The summed E-state index contributed by atoms with van der Waals surface area (Å²) in [6.07, 6.45) is 4.26. The molecule has 3 heteroatoms. The molecule has 27 heavy (non-hydrogen) atoms. The van der Waals surface area contributed by atoms with Crippen LogP contribution in [0.2, 0.25) is 0 Å². The highest BCUT2D eigenvalue weighted by Gasteiger charge is 2.24. The van der Waals surface area contributed by atoms with Gasteiger partial charge in [-0.25, -0.2) is 4.99 Å². The molecule has 2 N–H and O–H groups in total. The van der Waals surface area contributed by atoms with E-state index in [1.54, 1.807) is 0 Å².